The van der Waals surface area contributed by atoms with Crippen LogP contribution < -0.4 is 10.6 Å². The van der Waals surface area contributed by atoms with Crippen LogP contribution in [-0.4, -0.2) is 48.6 Å². The van der Waals surface area contributed by atoms with Gasteiger partial charge in [0, 0.05) is 18.6 Å². The van der Waals surface area contributed by atoms with E-state index in [1.807, 2.05) is 0 Å². The number of hydrogen-bond donors (Lipinski definition) is 2. The van der Waals surface area contributed by atoms with Gasteiger partial charge >= 0.3 is 0 Å². The minimum absolute atomic E-state index is 0.0617. The number of nitrogens with one attached hydrogen (secondary N) is 2. The van der Waals surface area contributed by atoms with E-state index in [0.717, 1.165) is 18.9 Å². The zero-order chi connectivity index (χ0) is 14.7. The van der Waals surface area contributed by atoms with E-state index in [1.54, 1.807) is 0 Å². The lowest BCUT2D eigenvalue weighted by Crippen LogP contribution is -2.48. The fraction of sp³-hybridized carbons (Fsp3) is 0.941. The summed E-state index contributed by atoms with van der Waals surface area (Å²) in [5.41, 5.74) is 0. The van der Waals surface area contributed by atoms with Crippen molar-refractivity contribution in [2.24, 2.45) is 5.92 Å². The van der Waals surface area contributed by atoms with Gasteiger partial charge in [-0.25, -0.2) is 0 Å². The summed E-state index contributed by atoms with van der Waals surface area (Å²) in [5.74, 6) is 0.974. The van der Waals surface area contributed by atoms with Gasteiger partial charge in [0.1, 0.15) is 0 Å². The molecule has 120 valence electrons. The predicted molar refractivity (Wildman–Crippen MR) is 85.2 cm³/mol. The van der Waals surface area contributed by atoms with Crippen molar-refractivity contribution >= 4 is 5.91 Å². The summed E-state index contributed by atoms with van der Waals surface area (Å²) in [6.07, 6.45) is 10.3. The molecule has 2 N–H and O–H groups in total. The Bertz CT molecular complexity index is 340. The molecule has 0 aromatic heterocycles. The normalized spacial score (nSPS) is 35.2. The molecular weight excluding hydrogens is 262 g/mol. The van der Waals surface area contributed by atoms with E-state index in [0.29, 0.717) is 12.1 Å². The quantitative estimate of drug-likeness (QED) is 0.832. The van der Waals surface area contributed by atoms with Crippen molar-refractivity contribution in [3.05, 3.63) is 0 Å². The first-order chi connectivity index (χ1) is 10.2. The number of fused-ring (bicyclic) bond motifs is 1. The summed E-state index contributed by atoms with van der Waals surface area (Å²) in [6.45, 7) is 5.44. The van der Waals surface area contributed by atoms with E-state index in [9.17, 15) is 4.79 Å². The van der Waals surface area contributed by atoms with Crippen LogP contribution in [-0.2, 0) is 4.79 Å². The van der Waals surface area contributed by atoms with Crippen molar-refractivity contribution in [1.29, 1.82) is 0 Å². The van der Waals surface area contributed by atoms with Gasteiger partial charge in [-0.15, -0.1) is 0 Å². The topological polar surface area (TPSA) is 44.4 Å². The Morgan fingerprint density at radius 1 is 1.19 bits per heavy atom. The molecule has 4 heteroatoms. The predicted octanol–water partition coefficient (Wildman–Crippen LogP) is 1.90. The lowest BCUT2D eigenvalue weighted by atomic mass is 9.85. The van der Waals surface area contributed by atoms with Crippen LogP contribution in [0.2, 0.25) is 0 Å². The molecule has 1 saturated carbocycles. The fourth-order valence-electron chi connectivity index (χ4n) is 4.38. The summed E-state index contributed by atoms with van der Waals surface area (Å²) >= 11 is 0. The third-order valence-corrected chi connectivity index (χ3v) is 5.76. The second-order valence-electron chi connectivity index (χ2n) is 7.30. The van der Waals surface area contributed by atoms with E-state index >= 15 is 0 Å². The van der Waals surface area contributed by atoms with E-state index in [-0.39, 0.29) is 11.9 Å². The first-order valence-electron chi connectivity index (χ1n) is 9.02. The molecule has 2 aliphatic heterocycles. The SMILES string of the molecule is CC(CNC(=O)C1CC2CCCCC2N1)N1CCCCC1. The number of carbonyl (C=O) groups excluding carboxylic acids is 1. The molecule has 0 aromatic rings. The number of piperidine rings is 1. The van der Waals surface area contributed by atoms with Gasteiger partial charge in [0.2, 0.25) is 5.91 Å². The minimum atomic E-state index is 0.0617. The van der Waals surface area contributed by atoms with Gasteiger partial charge in [0.05, 0.1) is 6.04 Å². The van der Waals surface area contributed by atoms with Crippen LogP contribution in [0.5, 0.6) is 0 Å². The van der Waals surface area contributed by atoms with Crippen molar-refractivity contribution in [2.45, 2.75) is 76.4 Å². The van der Waals surface area contributed by atoms with Crippen LogP contribution >= 0.6 is 0 Å². The summed E-state index contributed by atoms with van der Waals surface area (Å²) in [4.78, 5) is 14.9. The molecule has 0 spiro atoms. The minimum Gasteiger partial charge on any atom is -0.353 e. The van der Waals surface area contributed by atoms with Crippen molar-refractivity contribution in [3.63, 3.8) is 0 Å². The molecule has 4 atom stereocenters. The maximum atomic E-state index is 12.4. The molecule has 1 aliphatic carbocycles. The van der Waals surface area contributed by atoms with Crippen molar-refractivity contribution in [3.8, 4) is 0 Å². The van der Waals surface area contributed by atoms with Crippen LogP contribution in [0.1, 0.15) is 58.3 Å². The highest BCUT2D eigenvalue weighted by Crippen LogP contribution is 2.33. The van der Waals surface area contributed by atoms with Gasteiger partial charge in [-0.1, -0.05) is 19.3 Å². The zero-order valence-electron chi connectivity index (χ0n) is 13.4. The third-order valence-electron chi connectivity index (χ3n) is 5.76. The Balaban J connectivity index is 1.41. The number of hydrogen-bond acceptors (Lipinski definition) is 3. The number of carbonyl (C=O) groups is 1. The van der Waals surface area contributed by atoms with Crippen LogP contribution in [0.4, 0.5) is 0 Å². The van der Waals surface area contributed by atoms with E-state index in [2.05, 4.69) is 22.5 Å². The van der Waals surface area contributed by atoms with Crippen LogP contribution in [0.3, 0.4) is 0 Å². The van der Waals surface area contributed by atoms with Gasteiger partial charge in [0.15, 0.2) is 0 Å². The van der Waals surface area contributed by atoms with Gasteiger partial charge in [0.25, 0.3) is 0 Å². The number of likely N-dealkylation sites (tertiary alicyclic amines) is 1. The first kappa shape index (κ1) is 15.3. The fourth-order valence-corrected chi connectivity index (χ4v) is 4.38. The summed E-state index contributed by atoms with van der Waals surface area (Å²) in [6, 6.07) is 1.14. The third kappa shape index (κ3) is 3.78. The maximum absolute atomic E-state index is 12.4. The molecule has 0 aromatic carbocycles. The first-order valence-corrected chi connectivity index (χ1v) is 9.02. The smallest absolute Gasteiger partial charge is 0.237 e. The number of rotatable bonds is 4. The Kier molecular flexibility index (Phi) is 5.17. The lowest BCUT2D eigenvalue weighted by Gasteiger charge is -2.32. The molecule has 3 fully saturated rings. The molecule has 4 unspecified atom stereocenters. The summed E-state index contributed by atoms with van der Waals surface area (Å²) in [7, 11) is 0. The molecule has 4 nitrogen and oxygen atoms in total. The largest absolute Gasteiger partial charge is 0.353 e. The van der Waals surface area contributed by atoms with Crippen molar-refractivity contribution in [1.82, 2.24) is 15.5 Å². The molecular formula is C17H31N3O. The van der Waals surface area contributed by atoms with Crippen molar-refractivity contribution in [2.75, 3.05) is 19.6 Å². The lowest BCUT2D eigenvalue weighted by molar-refractivity contribution is -0.123. The average molecular weight is 293 g/mol. The molecule has 2 heterocycles. The Labute approximate surface area is 129 Å². The van der Waals surface area contributed by atoms with Gasteiger partial charge in [-0.2, -0.15) is 0 Å². The van der Waals surface area contributed by atoms with Crippen LogP contribution in [0, 0.1) is 5.92 Å². The zero-order valence-corrected chi connectivity index (χ0v) is 13.4. The molecule has 3 aliphatic rings. The highest BCUT2D eigenvalue weighted by Gasteiger charge is 2.38. The average Bonchev–Trinajstić information content (AvgIpc) is 2.97. The van der Waals surface area contributed by atoms with Crippen molar-refractivity contribution < 1.29 is 4.79 Å². The van der Waals surface area contributed by atoms with Crippen LogP contribution in [0.25, 0.3) is 0 Å². The Hall–Kier alpha value is -0.610. The molecule has 2 saturated heterocycles. The molecule has 0 radical (unpaired) electrons. The van der Waals surface area contributed by atoms with E-state index in [1.165, 1.54) is 58.0 Å². The van der Waals surface area contributed by atoms with Gasteiger partial charge in [-0.3, -0.25) is 9.69 Å². The van der Waals surface area contributed by atoms with E-state index < -0.39 is 0 Å². The van der Waals surface area contributed by atoms with Gasteiger partial charge in [-0.05, 0) is 58.0 Å². The molecule has 3 rings (SSSR count). The second-order valence-corrected chi connectivity index (χ2v) is 7.30. The van der Waals surface area contributed by atoms with Gasteiger partial charge < -0.3 is 10.6 Å². The standard InChI is InChI=1S/C17H31N3O/c1-13(20-9-5-2-6-10-20)12-18-17(21)16-11-14-7-3-4-8-15(14)19-16/h13-16,19H,2-12H2,1H3,(H,18,21). The highest BCUT2D eigenvalue weighted by molar-refractivity contribution is 5.82. The highest BCUT2D eigenvalue weighted by atomic mass is 16.2. The second kappa shape index (κ2) is 7.10. The molecule has 1 amide bonds. The van der Waals surface area contributed by atoms with E-state index in [4.69, 9.17) is 0 Å². The number of nitrogens with zero attached hydrogens (tertiary/aromatic N) is 1. The monoisotopic (exact) mass is 293 g/mol. The van der Waals surface area contributed by atoms with Crippen LogP contribution in [0.15, 0.2) is 0 Å². The Morgan fingerprint density at radius 2 is 1.95 bits per heavy atom. The molecule has 21 heavy (non-hydrogen) atoms. The summed E-state index contributed by atoms with van der Waals surface area (Å²) in [5, 5.41) is 6.76. The molecule has 0 bridgehead atoms. The maximum Gasteiger partial charge on any atom is 0.237 e. The Morgan fingerprint density at radius 3 is 2.71 bits per heavy atom. The number of amides is 1. The summed E-state index contributed by atoms with van der Waals surface area (Å²) < 4.78 is 0.